The monoisotopic (exact) mass is 419 g/mol. The van der Waals surface area contributed by atoms with E-state index in [1.165, 1.54) is 34.9 Å². The summed E-state index contributed by atoms with van der Waals surface area (Å²) >= 11 is 2.85. The van der Waals surface area contributed by atoms with Gasteiger partial charge < -0.3 is 9.64 Å². The van der Waals surface area contributed by atoms with Crippen molar-refractivity contribution < 1.29 is 19.1 Å². The van der Waals surface area contributed by atoms with E-state index in [1.807, 2.05) is 19.9 Å². The number of nitrogens with one attached hydrogen (secondary N) is 1. The second-order valence-corrected chi connectivity index (χ2v) is 8.59. The number of anilines is 1. The lowest BCUT2D eigenvalue weighted by Crippen LogP contribution is -2.44. The largest absolute Gasteiger partial charge is 0.451 e. The van der Waals surface area contributed by atoms with Crippen molar-refractivity contribution in [2.24, 2.45) is 0 Å². The summed E-state index contributed by atoms with van der Waals surface area (Å²) in [4.78, 5) is 44.3. The molecule has 2 aromatic rings. The van der Waals surface area contributed by atoms with Crippen molar-refractivity contribution >= 4 is 46.0 Å². The number of ether oxygens (including phenoxy) is 1. The van der Waals surface area contributed by atoms with Crippen LogP contribution in [0.3, 0.4) is 0 Å². The van der Waals surface area contributed by atoms with Gasteiger partial charge in [-0.25, -0.2) is 9.78 Å². The molecule has 7 nitrogen and oxygen atoms in total. The standard InChI is InChI=1S/C19H21N3O4S2/c1-11-13(3)28-19(20-11)21-16(23)12(2)26-18(25)15-9-27-10-22(15)17(24)14-7-5-4-6-8-14/h4-8,12,15H,9-10H2,1-3H3,(H,20,21,23)/t12?,15-/m1/s1. The zero-order valence-electron chi connectivity index (χ0n) is 15.8. The Morgan fingerprint density at radius 3 is 2.61 bits per heavy atom. The number of rotatable bonds is 5. The third kappa shape index (κ3) is 4.53. The van der Waals surface area contributed by atoms with Crippen molar-refractivity contribution in [3.63, 3.8) is 0 Å². The summed E-state index contributed by atoms with van der Waals surface area (Å²) in [7, 11) is 0. The van der Waals surface area contributed by atoms with Gasteiger partial charge in [0.2, 0.25) is 0 Å². The van der Waals surface area contributed by atoms with E-state index in [9.17, 15) is 14.4 Å². The number of aromatic nitrogens is 1. The minimum atomic E-state index is -0.990. The van der Waals surface area contributed by atoms with Gasteiger partial charge in [-0.1, -0.05) is 18.2 Å². The molecule has 1 unspecified atom stereocenters. The van der Waals surface area contributed by atoms with Crippen molar-refractivity contribution in [1.82, 2.24) is 9.88 Å². The van der Waals surface area contributed by atoms with Gasteiger partial charge in [0.05, 0.1) is 11.6 Å². The summed E-state index contributed by atoms with van der Waals surface area (Å²) in [6.07, 6.45) is -0.990. The van der Waals surface area contributed by atoms with Crippen LogP contribution in [0.2, 0.25) is 0 Å². The zero-order valence-corrected chi connectivity index (χ0v) is 17.4. The van der Waals surface area contributed by atoms with E-state index < -0.39 is 24.0 Å². The van der Waals surface area contributed by atoms with Crippen LogP contribution in [-0.2, 0) is 14.3 Å². The number of thiazole rings is 1. The smallest absolute Gasteiger partial charge is 0.330 e. The third-order valence-corrected chi connectivity index (χ3v) is 6.36. The molecule has 9 heteroatoms. The Hall–Kier alpha value is -2.39. The maximum Gasteiger partial charge on any atom is 0.330 e. The number of amides is 2. The fourth-order valence-electron chi connectivity index (χ4n) is 2.62. The normalized spacial score (nSPS) is 17.2. The molecular formula is C19H21N3O4S2. The number of aryl methyl sites for hydroxylation is 2. The summed E-state index contributed by atoms with van der Waals surface area (Å²) in [5, 5.41) is 3.14. The molecule has 2 amide bonds. The zero-order chi connectivity index (χ0) is 20.3. The fourth-order valence-corrected chi connectivity index (χ4v) is 4.58. The molecule has 1 aromatic carbocycles. The number of hydrogen-bond donors (Lipinski definition) is 1. The summed E-state index contributed by atoms with van der Waals surface area (Å²) in [5.74, 6) is -0.405. The molecule has 0 radical (unpaired) electrons. The quantitative estimate of drug-likeness (QED) is 0.750. The van der Waals surface area contributed by atoms with E-state index in [1.54, 1.807) is 24.3 Å². The topological polar surface area (TPSA) is 88.6 Å². The highest BCUT2D eigenvalue weighted by atomic mass is 32.2. The first-order valence-corrected chi connectivity index (χ1v) is 10.7. The first-order chi connectivity index (χ1) is 13.4. The summed E-state index contributed by atoms with van der Waals surface area (Å²) < 4.78 is 5.34. The Morgan fingerprint density at radius 2 is 1.96 bits per heavy atom. The summed E-state index contributed by atoms with van der Waals surface area (Å²) in [5.41, 5.74) is 1.37. The van der Waals surface area contributed by atoms with Crippen LogP contribution >= 0.6 is 23.1 Å². The van der Waals surface area contributed by atoms with Gasteiger partial charge in [-0.15, -0.1) is 23.1 Å². The van der Waals surface area contributed by atoms with E-state index in [0.29, 0.717) is 22.3 Å². The molecule has 0 saturated carbocycles. The lowest BCUT2D eigenvalue weighted by Gasteiger charge is -2.23. The molecule has 28 heavy (non-hydrogen) atoms. The molecular weight excluding hydrogens is 398 g/mol. The Balaban J connectivity index is 1.61. The van der Waals surface area contributed by atoms with E-state index in [0.717, 1.165) is 10.6 Å². The van der Waals surface area contributed by atoms with Gasteiger partial charge in [0.1, 0.15) is 6.04 Å². The van der Waals surface area contributed by atoms with Crippen LogP contribution < -0.4 is 5.32 Å². The number of nitrogens with zero attached hydrogens (tertiary/aromatic N) is 2. The number of thioether (sulfide) groups is 1. The van der Waals surface area contributed by atoms with Gasteiger partial charge in [-0.2, -0.15) is 0 Å². The Bertz CT molecular complexity index is 865. The molecule has 0 spiro atoms. The highest BCUT2D eigenvalue weighted by Crippen LogP contribution is 2.25. The molecule has 2 heterocycles. The number of esters is 1. The van der Waals surface area contributed by atoms with Gasteiger partial charge in [-0.05, 0) is 32.9 Å². The molecule has 3 rings (SSSR count). The van der Waals surface area contributed by atoms with Gasteiger partial charge >= 0.3 is 5.97 Å². The number of carbonyl (C=O) groups excluding carboxylic acids is 3. The minimum Gasteiger partial charge on any atom is -0.451 e. The highest BCUT2D eigenvalue weighted by Gasteiger charge is 2.37. The average Bonchev–Trinajstić information content (AvgIpc) is 3.28. The summed E-state index contributed by atoms with van der Waals surface area (Å²) in [6.45, 7) is 5.29. The van der Waals surface area contributed by atoms with Gasteiger partial charge in [0.15, 0.2) is 11.2 Å². The summed E-state index contributed by atoms with van der Waals surface area (Å²) in [6, 6.07) is 8.09. The van der Waals surface area contributed by atoms with Crippen LogP contribution in [0.15, 0.2) is 30.3 Å². The third-order valence-electron chi connectivity index (χ3n) is 4.36. The van der Waals surface area contributed by atoms with Crippen molar-refractivity contribution in [3.05, 3.63) is 46.5 Å². The van der Waals surface area contributed by atoms with Crippen LogP contribution in [-0.4, -0.2) is 51.4 Å². The van der Waals surface area contributed by atoms with Gasteiger partial charge in [-0.3, -0.25) is 14.9 Å². The molecule has 1 aliphatic heterocycles. The number of carbonyl (C=O) groups is 3. The Morgan fingerprint density at radius 1 is 1.25 bits per heavy atom. The van der Waals surface area contributed by atoms with Crippen molar-refractivity contribution in [2.45, 2.75) is 32.9 Å². The predicted molar refractivity (Wildman–Crippen MR) is 109 cm³/mol. The van der Waals surface area contributed by atoms with E-state index >= 15 is 0 Å². The second-order valence-electron chi connectivity index (χ2n) is 6.39. The Kier molecular flexibility index (Phi) is 6.35. The molecule has 1 saturated heterocycles. The lowest BCUT2D eigenvalue weighted by atomic mass is 10.2. The Labute approximate surface area is 171 Å². The van der Waals surface area contributed by atoms with Crippen LogP contribution in [0.4, 0.5) is 5.13 Å². The van der Waals surface area contributed by atoms with Crippen LogP contribution in [0.25, 0.3) is 0 Å². The molecule has 1 N–H and O–H groups in total. The van der Waals surface area contributed by atoms with Crippen LogP contribution in [0.1, 0.15) is 27.9 Å². The second kappa shape index (κ2) is 8.74. The van der Waals surface area contributed by atoms with Gasteiger partial charge in [0.25, 0.3) is 11.8 Å². The fraction of sp³-hybridized carbons (Fsp3) is 0.368. The molecule has 2 atom stereocenters. The first kappa shape index (κ1) is 20.3. The maximum absolute atomic E-state index is 12.7. The molecule has 1 aliphatic rings. The predicted octanol–water partition coefficient (Wildman–Crippen LogP) is 2.85. The van der Waals surface area contributed by atoms with Crippen molar-refractivity contribution in [2.75, 3.05) is 16.9 Å². The molecule has 1 aromatic heterocycles. The SMILES string of the molecule is Cc1nc(NC(=O)C(C)OC(=O)[C@H]2CSCN2C(=O)c2ccccc2)sc1C. The first-order valence-electron chi connectivity index (χ1n) is 8.76. The van der Waals surface area contributed by atoms with E-state index in [-0.39, 0.29) is 5.91 Å². The molecule has 0 bridgehead atoms. The highest BCUT2D eigenvalue weighted by molar-refractivity contribution is 7.99. The number of benzene rings is 1. The van der Waals surface area contributed by atoms with E-state index in [4.69, 9.17) is 4.74 Å². The van der Waals surface area contributed by atoms with Gasteiger partial charge in [0, 0.05) is 16.2 Å². The maximum atomic E-state index is 12.7. The molecule has 1 fully saturated rings. The van der Waals surface area contributed by atoms with Crippen molar-refractivity contribution in [1.29, 1.82) is 0 Å². The van der Waals surface area contributed by atoms with E-state index in [2.05, 4.69) is 10.3 Å². The number of hydrogen-bond acceptors (Lipinski definition) is 7. The van der Waals surface area contributed by atoms with Crippen LogP contribution in [0, 0.1) is 13.8 Å². The van der Waals surface area contributed by atoms with Crippen molar-refractivity contribution in [3.8, 4) is 0 Å². The minimum absolute atomic E-state index is 0.224. The molecule has 148 valence electrons. The average molecular weight is 420 g/mol. The molecule has 0 aliphatic carbocycles. The lowest BCUT2D eigenvalue weighted by molar-refractivity contribution is -0.156. The van der Waals surface area contributed by atoms with Crippen LogP contribution in [0.5, 0.6) is 0 Å².